The molecule has 13 heavy (non-hydrogen) atoms. The SMILES string of the molecule is CCC(C)(O)c1cc(F)ccc1F. The zero-order valence-electron chi connectivity index (χ0n) is 7.64. The Bertz CT molecular complexity index is 308. The quantitative estimate of drug-likeness (QED) is 0.752. The summed E-state index contributed by atoms with van der Waals surface area (Å²) < 4.78 is 25.9. The van der Waals surface area contributed by atoms with Crippen molar-refractivity contribution >= 4 is 0 Å². The first kappa shape index (κ1) is 10.1. The average molecular weight is 186 g/mol. The van der Waals surface area contributed by atoms with Crippen LogP contribution >= 0.6 is 0 Å². The molecule has 0 amide bonds. The van der Waals surface area contributed by atoms with Crippen molar-refractivity contribution in [2.75, 3.05) is 0 Å². The topological polar surface area (TPSA) is 20.2 Å². The number of aliphatic hydroxyl groups is 1. The second kappa shape index (κ2) is 3.42. The lowest BCUT2D eigenvalue weighted by Crippen LogP contribution is -2.21. The van der Waals surface area contributed by atoms with Crippen LogP contribution in [0.3, 0.4) is 0 Å². The molecule has 0 aliphatic carbocycles. The molecule has 1 unspecified atom stereocenters. The molecule has 0 saturated heterocycles. The van der Waals surface area contributed by atoms with E-state index in [2.05, 4.69) is 0 Å². The highest BCUT2D eigenvalue weighted by atomic mass is 19.1. The van der Waals surface area contributed by atoms with E-state index >= 15 is 0 Å². The zero-order chi connectivity index (χ0) is 10.1. The summed E-state index contributed by atoms with van der Waals surface area (Å²) in [6.07, 6.45) is 0.341. The third-order valence-electron chi connectivity index (χ3n) is 2.20. The second-order valence-electron chi connectivity index (χ2n) is 3.25. The van der Waals surface area contributed by atoms with Gasteiger partial charge in [-0.3, -0.25) is 0 Å². The third-order valence-corrected chi connectivity index (χ3v) is 2.20. The minimum absolute atomic E-state index is 0.00926. The fraction of sp³-hybridized carbons (Fsp3) is 0.400. The number of benzene rings is 1. The molecule has 0 aliphatic heterocycles. The monoisotopic (exact) mass is 186 g/mol. The first-order valence-corrected chi connectivity index (χ1v) is 4.15. The van der Waals surface area contributed by atoms with Crippen LogP contribution in [0, 0.1) is 11.6 Å². The van der Waals surface area contributed by atoms with Gasteiger partial charge in [-0.2, -0.15) is 0 Å². The van der Waals surface area contributed by atoms with Crippen molar-refractivity contribution in [3.05, 3.63) is 35.4 Å². The normalized spacial score (nSPS) is 15.5. The summed E-state index contributed by atoms with van der Waals surface area (Å²) in [6, 6.07) is 3.08. The van der Waals surface area contributed by atoms with Crippen LogP contribution in [0.15, 0.2) is 18.2 Å². The molecule has 0 saturated carbocycles. The van der Waals surface area contributed by atoms with Gasteiger partial charge in [0.2, 0.25) is 0 Å². The van der Waals surface area contributed by atoms with Crippen LogP contribution in [-0.2, 0) is 5.60 Å². The molecular formula is C10H12F2O. The van der Waals surface area contributed by atoms with Gasteiger partial charge in [0.05, 0.1) is 5.60 Å². The molecule has 3 heteroatoms. The van der Waals surface area contributed by atoms with E-state index in [1.54, 1.807) is 6.92 Å². The Balaban J connectivity index is 3.20. The average Bonchev–Trinajstić information content (AvgIpc) is 2.09. The second-order valence-corrected chi connectivity index (χ2v) is 3.25. The first-order chi connectivity index (χ1) is 5.97. The Morgan fingerprint density at radius 3 is 2.54 bits per heavy atom. The van der Waals surface area contributed by atoms with Crippen molar-refractivity contribution in [2.24, 2.45) is 0 Å². The molecule has 1 N–H and O–H groups in total. The van der Waals surface area contributed by atoms with Crippen LogP contribution in [-0.4, -0.2) is 5.11 Å². The molecule has 1 aromatic rings. The fourth-order valence-corrected chi connectivity index (χ4v) is 1.10. The molecule has 0 bridgehead atoms. The minimum Gasteiger partial charge on any atom is -0.385 e. The van der Waals surface area contributed by atoms with Gasteiger partial charge in [0.25, 0.3) is 0 Å². The maximum atomic E-state index is 13.1. The smallest absolute Gasteiger partial charge is 0.129 e. The Kier molecular flexibility index (Phi) is 2.66. The molecule has 1 nitrogen and oxygen atoms in total. The summed E-state index contributed by atoms with van der Waals surface area (Å²) in [7, 11) is 0. The summed E-state index contributed by atoms with van der Waals surface area (Å²) in [4.78, 5) is 0. The zero-order valence-corrected chi connectivity index (χ0v) is 7.64. The molecule has 1 rings (SSSR count). The summed E-state index contributed by atoms with van der Waals surface area (Å²) in [6.45, 7) is 3.18. The predicted octanol–water partition coefficient (Wildman–Crippen LogP) is 2.58. The van der Waals surface area contributed by atoms with Gasteiger partial charge < -0.3 is 5.11 Å². The Hall–Kier alpha value is -0.960. The lowest BCUT2D eigenvalue weighted by molar-refractivity contribution is 0.0489. The van der Waals surface area contributed by atoms with Gasteiger partial charge in [0, 0.05) is 5.56 Å². The predicted molar refractivity (Wildman–Crippen MR) is 46.2 cm³/mol. The summed E-state index contributed by atoms with van der Waals surface area (Å²) in [5.74, 6) is -1.11. The lowest BCUT2D eigenvalue weighted by Gasteiger charge is -2.22. The minimum atomic E-state index is -1.30. The Morgan fingerprint density at radius 2 is 2.00 bits per heavy atom. The van der Waals surface area contributed by atoms with E-state index in [-0.39, 0.29) is 5.56 Å². The van der Waals surface area contributed by atoms with Crippen LogP contribution in [0.2, 0.25) is 0 Å². The third kappa shape index (κ3) is 2.04. The van der Waals surface area contributed by atoms with E-state index in [1.165, 1.54) is 6.92 Å². The fourth-order valence-electron chi connectivity index (χ4n) is 1.10. The maximum absolute atomic E-state index is 13.1. The highest BCUT2D eigenvalue weighted by molar-refractivity contribution is 5.24. The van der Waals surface area contributed by atoms with Crippen LogP contribution in [0.5, 0.6) is 0 Å². The van der Waals surface area contributed by atoms with Gasteiger partial charge in [-0.1, -0.05) is 6.92 Å². The summed E-state index contributed by atoms with van der Waals surface area (Å²) in [5, 5.41) is 9.69. The van der Waals surface area contributed by atoms with Crippen LogP contribution in [0.1, 0.15) is 25.8 Å². The molecule has 0 heterocycles. The lowest BCUT2D eigenvalue weighted by atomic mass is 9.93. The molecule has 1 aromatic carbocycles. The molecule has 0 radical (unpaired) electrons. The molecule has 0 fully saturated rings. The van der Waals surface area contributed by atoms with E-state index in [0.717, 1.165) is 18.2 Å². The van der Waals surface area contributed by atoms with Gasteiger partial charge in [-0.15, -0.1) is 0 Å². The highest BCUT2D eigenvalue weighted by Crippen LogP contribution is 2.26. The number of halogens is 2. The van der Waals surface area contributed by atoms with Crippen molar-refractivity contribution in [1.29, 1.82) is 0 Å². The highest BCUT2D eigenvalue weighted by Gasteiger charge is 2.24. The van der Waals surface area contributed by atoms with Crippen molar-refractivity contribution in [3.8, 4) is 0 Å². The molecule has 0 aromatic heterocycles. The summed E-state index contributed by atoms with van der Waals surface area (Å²) >= 11 is 0. The first-order valence-electron chi connectivity index (χ1n) is 4.15. The number of hydrogen-bond donors (Lipinski definition) is 1. The van der Waals surface area contributed by atoms with E-state index in [4.69, 9.17) is 0 Å². The maximum Gasteiger partial charge on any atom is 0.129 e. The van der Waals surface area contributed by atoms with Crippen LogP contribution < -0.4 is 0 Å². The molecule has 0 aliphatic rings. The molecular weight excluding hydrogens is 174 g/mol. The Labute approximate surface area is 76.0 Å². The van der Waals surface area contributed by atoms with Crippen LogP contribution in [0.4, 0.5) is 8.78 Å². The summed E-state index contributed by atoms with van der Waals surface area (Å²) in [5.41, 5.74) is -1.29. The van der Waals surface area contributed by atoms with E-state index in [0.29, 0.717) is 6.42 Å². The van der Waals surface area contributed by atoms with E-state index in [9.17, 15) is 13.9 Å². The van der Waals surface area contributed by atoms with Gasteiger partial charge in [0.15, 0.2) is 0 Å². The number of hydrogen-bond acceptors (Lipinski definition) is 1. The van der Waals surface area contributed by atoms with Crippen molar-refractivity contribution in [2.45, 2.75) is 25.9 Å². The molecule has 0 spiro atoms. The van der Waals surface area contributed by atoms with Crippen LogP contribution in [0.25, 0.3) is 0 Å². The van der Waals surface area contributed by atoms with Gasteiger partial charge in [-0.25, -0.2) is 8.78 Å². The number of rotatable bonds is 2. The van der Waals surface area contributed by atoms with Gasteiger partial charge >= 0.3 is 0 Å². The standard InChI is InChI=1S/C10H12F2O/c1-3-10(2,13)8-6-7(11)4-5-9(8)12/h4-6,13H,3H2,1-2H3. The van der Waals surface area contributed by atoms with Crippen molar-refractivity contribution in [1.82, 2.24) is 0 Å². The van der Waals surface area contributed by atoms with Crippen molar-refractivity contribution < 1.29 is 13.9 Å². The Morgan fingerprint density at radius 1 is 1.38 bits per heavy atom. The van der Waals surface area contributed by atoms with Gasteiger partial charge in [0.1, 0.15) is 11.6 Å². The molecule has 1 atom stereocenters. The van der Waals surface area contributed by atoms with Gasteiger partial charge in [-0.05, 0) is 31.5 Å². The van der Waals surface area contributed by atoms with E-state index < -0.39 is 17.2 Å². The van der Waals surface area contributed by atoms with Crippen molar-refractivity contribution in [3.63, 3.8) is 0 Å². The molecule has 72 valence electrons. The van der Waals surface area contributed by atoms with E-state index in [1.807, 2.05) is 0 Å². The largest absolute Gasteiger partial charge is 0.385 e.